The van der Waals surface area contributed by atoms with Gasteiger partial charge in [0.1, 0.15) is 0 Å². The summed E-state index contributed by atoms with van der Waals surface area (Å²) in [5.41, 5.74) is 0. The van der Waals surface area contributed by atoms with E-state index < -0.39 is 0 Å². The molecule has 10 heavy (non-hydrogen) atoms. The first kappa shape index (κ1) is 7.54. The predicted molar refractivity (Wildman–Crippen MR) is 41.2 cm³/mol. The lowest BCUT2D eigenvalue weighted by Gasteiger charge is -2.32. The largest absolute Gasteiger partial charge is 0.377 e. The van der Waals surface area contributed by atoms with Gasteiger partial charge in [-0.2, -0.15) is 5.10 Å². The Hall–Kier alpha value is -0.570. The average molecular weight is 142 g/mol. The summed E-state index contributed by atoms with van der Waals surface area (Å²) in [4.78, 5) is 0. The van der Waals surface area contributed by atoms with Crippen LogP contribution in [-0.4, -0.2) is 37.5 Å². The third-order valence-corrected chi connectivity index (χ3v) is 1.85. The number of rotatable bonds is 2. The second-order valence-electron chi connectivity index (χ2n) is 2.44. The second kappa shape index (κ2) is 3.56. The number of nitrogens with zero attached hydrogens (tertiary/aromatic N) is 2. The van der Waals surface area contributed by atoms with Crippen molar-refractivity contribution in [3.05, 3.63) is 0 Å². The van der Waals surface area contributed by atoms with Crippen LogP contribution in [0.2, 0.25) is 0 Å². The number of ether oxygens (including phenoxy) is 1. The fraction of sp³-hybridized carbons (Fsp3) is 0.857. The van der Waals surface area contributed by atoms with Crippen molar-refractivity contribution in [3.8, 4) is 0 Å². The molecule has 0 saturated carbocycles. The molecular formula is C7H14N2O. The summed E-state index contributed by atoms with van der Waals surface area (Å²) >= 11 is 0. The van der Waals surface area contributed by atoms with Gasteiger partial charge in [-0.1, -0.05) is 6.92 Å². The Morgan fingerprint density at radius 2 is 2.60 bits per heavy atom. The Kier molecular flexibility index (Phi) is 2.68. The van der Waals surface area contributed by atoms with Crippen LogP contribution in [0.4, 0.5) is 0 Å². The highest BCUT2D eigenvalue weighted by Gasteiger charge is 2.18. The molecule has 0 N–H and O–H groups in total. The highest BCUT2D eigenvalue weighted by molar-refractivity contribution is 5.22. The molecule has 58 valence electrons. The Morgan fingerprint density at radius 3 is 3.10 bits per heavy atom. The van der Waals surface area contributed by atoms with Crippen LogP contribution in [-0.2, 0) is 4.74 Å². The standard InChI is InChI=1S/C7H14N2O/c1-3-7-6-10-5-4-9(7)8-2/h7H,2-6H2,1H3/t7-/m1/s1. The van der Waals surface area contributed by atoms with Crippen molar-refractivity contribution in [1.29, 1.82) is 0 Å². The zero-order valence-electron chi connectivity index (χ0n) is 6.42. The summed E-state index contributed by atoms with van der Waals surface area (Å²) in [7, 11) is 0. The summed E-state index contributed by atoms with van der Waals surface area (Å²) < 4.78 is 5.28. The van der Waals surface area contributed by atoms with Crippen LogP contribution in [0.5, 0.6) is 0 Å². The molecule has 1 aliphatic heterocycles. The highest BCUT2D eigenvalue weighted by atomic mass is 16.5. The maximum absolute atomic E-state index is 5.28. The van der Waals surface area contributed by atoms with E-state index in [1.165, 1.54) is 0 Å². The molecule has 0 radical (unpaired) electrons. The van der Waals surface area contributed by atoms with Crippen molar-refractivity contribution >= 4 is 6.72 Å². The fourth-order valence-electron chi connectivity index (χ4n) is 1.16. The predicted octanol–water partition coefficient (Wildman–Crippen LogP) is 0.713. The first-order valence-electron chi connectivity index (χ1n) is 3.69. The Morgan fingerprint density at radius 1 is 1.80 bits per heavy atom. The monoisotopic (exact) mass is 142 g/mol. The summed E-state index contributed by atoms with van der Waals surface area (Å²) in [6, 6.07) is 0.450. The minimum atomic E-state index is 0.450. The van der Waals surface area contributed by atoms with Crippen molar-refractivity contribution in [2.45, 2.75) is 19.4 Å². The molecule has 1 fully saturated rings. The molecule has 1 saturated heterocycles. The highest BCUT2D eigenvalue weighted by Crippen LogP contribution is 2.08. The lowest BCUT2D eigenvalue weighted by molar-refractivity contribution is -0.00672. The first-order chi connectivity index (χ1) is 4.88. The van der Waals surface area contributed by atoms with Gasteiger partial charge in [-0.25, -0.2) is 0 Å². The SMILES string of the molecule is C=NN1CCOC[C@H]1CC. The van der Waals surface area contributed by atoms with E-state index in [1.807, 2.05) is 5.01 Å². The Balaban J connectivity index is 2.41. The van der Waals surface area contributed by atoms with Crippen molar-refractivity contribution < 1.29 is 4.74 Å². The number of hydrazone groups is 1. The van der Waals surface area contributed by atoms with Gasteiger partial charge in [-0.05, 0) is 6.42 Å². The second-order valence-corrected chi connectivity index (χ2v) is 2.44. The number of morpholine rings is 1. The van der Waals surface area contributed by atoms with Crippen LogP contribution in [0.3, 0.4) is 0 Å². The first-order valence-corrected chi connectivity index (χ1v) is 3.69. The molecule has 1 aliphatic rings. The lowest BCUT2D eigenvalue weighted by atomic mass is 10.2. The van der Waals surface area contributed by atoms with E-state index >= 15 is 0 Å². The van der Waals surface area contributed by atoms with Gasteiger partial charge in [-0.3, -0.25) is 5.01 Å². The van der Waals surface area contributed by atoms with E-state index in [0.717, 1.165) is 26.2 Å². The molecule has 0 aromatic rings. The van der Waals surface area contributed by atoms with Gasteiger partial charge in [0.15, 0.2) is 0 Å². The van der Waals surface area contributed by atoms with Crippen LogP contribution < -0.4 is 0 Å². The van der Waals surface area contributed by atoms with Gasteiger partial charge in [0.2, 0.25) is 0 Å². The average Bonchev–Trinajstić information content (AvgIpc) is 2.04. The molecule has 0 spiro atoms. The molecule has 0 bridgehead atoms. The van der Waals surface area contributed by atoms with Gasteiger partial charge in [0.25, 0.3) is 0 Å². The third kappa shape index (κ3) is 1.48. The van der Waals surface area contributed by atoms with Crippen LogP contribution >= 0.6 is 0 Å². The summed E-state index contributed by atoms with van der Waals surface area (Å²) in [6.07, 6.45) is 1.08. The number of hydrogen-bond acceptors (Lipinski definition) is 3. The van der Waals surface area contributed by atoms with E-state index in [1.54, 1.807) is 0 Å². The smallest absolute Gasteiger partial charge is 0.0702 e. The molecule has 0 aliphatic carbocycles. The van der Waals surface area contributed by atoms with Gasteiger partial charge >= 0.3 is 0 Å². The van der Waals surface area contributed by atoms with E-state index in [2.05, 4.69) is 18.7 Å². The molecule has 1 rings (SSSR count). The quantitative estimate of drug-likeness (QED) is 0.530. The van der Waals surface area contributed by atoms with Crippen molar-refractivity contribution in [1.82, 2.24) is 5.01 Å². The normalized spacial score (nSPS) is 26.5. The summed E-state index contributed by atoms with van der Waals surface area (Å²) in [5, 5.41) is 5.91. The van der Waals surface area contributed by atoms with Crippen molar-refractivity contribution in [2.75, 3.05) is 19.8 Å². The van der Waals surface area contributed by atoms with Gasteiger partial charge < -0.3 is 4.74 Å². The van der Waals surface area contributed by atoms with Crippen LogP contribution in [0, 0.1) is 0 Å². The van der Waals surface area contributed by atoms with Crippen LogP contribution in [0.1, 0.15) is 13.3 Å². The van der Waals surface area contributed by atoms with Crippen molar-refractivity contribution in [2.24, 2.45) is 5.10 Å². The Bertz CT molecular complexity index is 116. The molecule has 3 nitrogen and oxygen atoms in total. The van der Waals surface area contributed by atoms with E-state index in [-0.39, 0.29) is 0 Å². The zero-order chi connectivity index (χ0) is 7.40. The molecular weight excluding hydrogens is 128 g/mol. The minimum absolute atomic E-state index is 0.450. The van der Waals surface area contributed by atoms with E-state index in [4.69, 9.17) is 4.74 Å². The molecule has 0 aromatic heterocycles. The molecule has 0 unspecified atom stereocenters. The van der Waals surface area contributed by atoms with Crippen molar-refractivity contribution in [3.63, 3.8) is 0 Å². The molecule has 1 heterocycles. The topological polar surface area (TPSA) is 24.8 Å². The molecule has 0 amide bonds. The van der Waals surface area contributed by atoms with Gasteiger partial charge in [-0.15, -0.1) is 0 Å². The van der Waals surface area contributed by atoms with E-state index in [0.29, 0.717) is 6.04 Å². The third-order valence-electron chi connectivity index (χ3n) is 1.85. The minimum Gasteiger partial charge on any atom is -0.377 e. The van der Waals surface area contributed by atoms with Crippen LogP contribution in [0.25, 0.3) is 0 Å². The Labute approximate surface area is 61.7 Å². The molecule has 0 aromatic carbocycles. The maximum atomic E-state index is 5.28. The zero-order valence-corrected chi connectivity index (χ0v) is 6.42. The van der Waals surface area contributed by atoms with Crippen LogP contribution in [0.15, 0.2) is 5.10 Å². The van der Waals surface area contributed by atoms with E-state index in [9.17, 15) is 0 Å². The molecule has 1 atom stereocenters. The van der Waals surface area contributed by atoms with Gasteiger partial charge in [0, 0.05) is 6.72 Å². The molecule has 3 heteroatoms. The fourth-order valence-corrected chi connectivity index (χ4v) is 1.16. The summed E-state index contributed by atoms with van der Waals surface area (Å²) in [6.45, 7) is 8.12. The summed E-state index contributed by atoms with van der Waals surface area (Å²) in [5.74, 6) is 0. The lowest BCUT2D eigenvalue weighted by Crippen LogP contribution is -2.41. The maximum Gasteiger partial charge on any atom is 0.0702 e. The number of hydrogen-bond donors (Lipinski definition) is 0. The van der Waals surface area contributed by atoms with Gasteiger partial charge in [0.05, 0.1) is 25.8 Å².